The molecule has 0 aliphatic carbocycles. The average Bonchev–Trinajstić information content (AvgIpc) is 3.47. The van der Waals surface area contributed by atoms with Crippen LogP contribution in [0.5, 0.6) is 5.75 Å². The Morgan fingerprint density at radius 1 is 1.18 bits per heavy atom. The summed E-state index contributed by atoms with van der Waals surface area (Å²) in [4.78, 5) is 13.1. The van der Waals surface area contributed by atoms with Gasteiger partial charge in [0.25, 0.3) is 5.91 Å². The molecule has 0 bridgehead atoms. The summed E-state index contributed by atoms with van der Waals surface area (Å²) < 4.78 is 11.6. The molecule has 1 amide bonds. The number of carbonyl (C=O) groups is 1. The molecular formula is C22H21ClN8O3. The minimum atomic E-state index is -0.573. The number of rotatable bonds is 9. The Kier molecular flexibility index (Phi) is 6.74. The minimum absolute atomic E-state index is 0.00378. The molecule has 0 fully saturated rings. The summed E-state index contributed by atoms with van der Waals surface area (Å²) >= 11 is 6.19. The van der Waals surface area contributed by atoms with Gasteiger partial charge in [-0.05, 0) is 47.1 Å². The first-order valence-corrected chi connectivity index (χ1v) is 10.6. The lowest BCUT2D eigenvalue weighted by Crippen LogP contribution is -2.36. The van der Waals surface area contributed by atoms with Crippen LogP contribution in [-0.2, 0) is 0 Å². The number of nitrogens with two attached hydrogens (primary N) is 1. The SMILES string of the molecule is C=C(NNC(=O)c1nnn(-c2nonc2N)c1-c1ccc(OCCC)cc1)c1ccccc1Cl. The van der Waals surface area contributed by atoms with Crippen LogP contribution < -0.4 is 21.3 Å². The van der Waals surface area contributed by atoms with Gasteiger partial charge in [0, 0.05) is 16.1 Å². The van der Waals surface area contributed by atoms with Crippen molar-refractivity contribution in [1.82, 2.24) is 36.2 Å². The van der Waals surface area contributed by atoms with Gasteiger partial charge in [-0.2, -0.15) is 4.68 Å². The molecule has 34 heavy (non-hydrogen) atoms. The Morgan fingerprint density at radius 2 is 1.94 bits per heavy atom. The Morgan fingerprint density at radius 3 is 2.62 bits per heavy atom. The summed E-state index contributed by atoms with van der Waals surface area (Å²) in [6.07, 6.45) is 0.883. The summed E-state index contributed by atoms with van der Waals surface area (Å²) in [5.41, 5.74) is 13.2. The third-order valence-electron chi connectivity index (χ3n) is 4.71. The molecule has 0 saturated heterocycles. The van der Waals surface area contributed by atoms with Gasteiger partial charge >= 0.3 is 0 Å². The lowest BCUT2D eigenvalue weighted by Gasteiger charge is -2.12. The normalized spacial score (nSPS) is 10.6. The van der Waals surface area contributed by atoms with E-state index >= 15 is 0 Å². The van der Waals surface area contributed by atoms with E-state index in [1.165, 1.54) is 4.68 Å². The van der Waals surface area contributed by atoms with E-state index in [1.807, 2.05) is 13.0 Å². The average molecular weight is 481 g/mol. The zero-order valence-electron chi connectivity index (χ0n) is 18.2. The van der Waals surface area contributed by atoms with Gasteiger partial charge in [0.2, 0.25) is 11.6 Å². The van der Waals surface area contributed by atoms with Gasteiger partial charge in [-0.15, -0.1) is 5.10 Å². The Labute approximate surface area is 199 Å². The molecule has 11 nitrogen and oxygen atoms in total. The maximum absolute atomic E-state index is 13.1. The van der Waals surface area contributed by atoms with E-state index in [0.717, 1.165) is 6.42 Å². The van der Waals surface area contributed by atoms with Crippen LogP contribution >= 0.6 is 11.6 Å². The van der Waals surface area contributed by atoms with Crippen LogP contribution in [0.2, 0.25) is 5.02 Å². The molecule has 0 radical (unpaired) electrons. The molecule has 2 aromatic carbocycles. The van der Waals surface area contributed by atoms with Gasteiger partial charge in [-0.25, -0.2) is 4.63 Å². The van der Waals surface area contributed by atoms with Crippen LogP contribution in [0.25, 0.3) is 22.8 Å². The molecule has 12 heteroatoms. The van der Waals surface area contributed by atoms with Gasteiger partial charge in [-0.1, -0.05) is 48.5 Å². The molecule has 4 aromatic rings. The summed E-state index contributed by atoms with van der Waals surface area (Å²) in [6.45, 7) is 6.52. The highest BCUT2D eigenvalue weighted by Gasteiger charge is 2.25. The van der Waals surface area contributed by atoms with E-state index in [4.69, 9.17) is 26.7 Å². The van der Waals surface area contributed by atoms with Crippen LogP contribution in [0.4, 0.5) is 5.82 Å². The lowest BCUT2D eigenvalue weighted by molar-refractivity contribution is 0.0938. The molecule has 0 atom stereocenters. The maximum Gasteiger partial charge on any atom is 0.292 e. The number of hydrogen-bond donors (Lipinski definition) is 3. The van der Waals surface area contributed by atoms with Crippen molar-refractivity contribution in [2.24, 2.45) is 0 Å². The van der Waals surface area contributed by atoms with Crippen LogP contribution in [0.3, 0.4) is 0 Å². The van der Waals surface area contributed by atoms with E-state index in [-0.39, 0.29) is 17.3 Å². The fourth-order valence-corrected chi connectivity index (χ4v) is 3.32. The van der Waals surface area contributed by atoms with Crippen molar-refractivity contribution < 1.29 is 14.2 Å². The van der Waals surface area contributed by atoms with Crippen molar-refractivity contribution in [2.75, 3.05) is 12.3 Å². The number of halogens is 1. The highest BCUT2D eigenvalue weighted by Crippen LogP contribution is 2.28. The van der Waals surface area contributed by atoms with E-state index in [2.05, 4.69) is 38.1 Å². The van der Waals surface area contributed by atoms with E-state index in [9.17, 15) is 4.79 Å². The highest BCUT2D eigenvalue weighted by molar-refractivity contribution is 6.32. The van der Waals surface area contributed by atoms with Crippen LogP contribution in [0.1, 0.15) is 29.4 Å². The van der Waals surface area contributed by atoms with Crippen LogP contribution in [0, 0.1) is 0 Å². The minimum Gasteiger partial charge on any atom is -0.494 e. The number of nitrogens with one attached hydrogen (secondary N) is 2. The third-order valence-corrected chi connectivity index (χ3v) is 5.04. The molecule has 4 N–H and O–H groups in total. The van der Waals surface area contributed by atoms with Gasteiger partial charge in [-0.3, -0.25) is 15.6 Å². The first-order valence-electron chi connectivity index (χ1n) is 10.3. The van der Waals surface area contributed by atoms with Crippen molar-refractivity contribution in [3.63, 3.8) is 0 Å². The van der Waals surface area contributed by atoms with Gasteiger partial charge < -0.3 is 10.5 Å². The molecule has 2 heterocycles. The number of hydrazine groups is 1. The Balaban J connectivity index is 1.64. The topological polar surface area (TPSA) is 146 Å². The molecule has 0 aliphatic heterocycles. The fraction of sp³-hybridized carbons (Fsp3) is 0.136. The fourth-order valence-electron chi connectivity index (χ4n) is 3.07. The van der Waals surface area contributed by atoms with E-state index < -0.39 is 5.91 Å². The molecule has 0 spiro atoms. The van der Waals surface area contributed by atoms with E-state index in [1.54, 1.807) is 42.5 Å². The summed E-state index contributed by atoms with van der Waals surface area (Å²) in [6, 6.07) is 14.2. The molecule has 0 saturated carbocycles. The van der Waals surface area contributed by atoms with Crippen LogP contribution in [0.15, 0.2) is 59.7 Å². The van der Waals surface area contributed by atoms with Crippen molar-refractivity contribution in [2.45, 2.75) is 13.3 Å². The number of aromatic nitrogens is 5. The maximum atomic E-state index is 13.1. The number of benzene rings is 2. The predicted molar refractivity (Wildman–Crippen MR) is 126 cm³/mol. The second kappa shape index (κ2) is 10.0. The predicted octanol–water partition coefficient (Wildman–Crippen LogP) is 3.25. The van der Waals surface area contributed by atoms with Crippen molar-refractivity contribution in [1.29, 1.82) is 0 Å². The number of anilines is 1. The van der Waals surface area contributed by atoms with E-state index in [0.29, 0.717) is 39.9 Å². The highest BCUT2D eigenvalue weighted by atomic mass is 35.5. The molecular weight excluding hydrogens is 460 g/mol. The number of nitrogen functional groups attached to an aromatic ring is 1. The zero-order valence-corrected chi connectivity index (χ0v) is 18.9. The lowest BCUT2D eigenvalue weighted by atomic mass is 10.1. The molecule has 0 aliphatic rings. The van der Waals surface area contributed by atoms with Gasteiger partial charge in [0.15, 0.2) is 5.69 Å². The monoisotopic (exact) mass is 480 g/mol. The Bertz CT molecular complexity index is 1320. The summed E-state index contributed by atoms with van der Waals surface area (Å²) in [5.74, 6) is 0.208. The van der Waals surface area contributed by atoms with Crippen molar-refractivity contribution in [3.8, 4) is 22.8 Å². The number of amides is 1. The van der Waals surface area contributed by atoms with Crippen molar-refractivity contribution >= 4 is 29.0 Å². The van der Waals surface area contributed by atoms with Crippen molar-refractivity contribution in [3.05, 3.63) is 71.4 Å². The number of nitrogens with zero attached hydrogens (tertiary/aromatic N) is 5. The smallest absolute Gasteiger partial charge is 0.292 e. The second-order valence-electron chi connectivity index (χ2n) is 7.08. The largest absolute Gasteiger partial charge is 0.494 e. The standard InChI is InChI=1S/C22H21ClN8O3/c1-3-12-33-15-10-8-14(9-11-15)19-18(26-30-31(19)21-20(24)28-34-29-21)22(32)27-25-13(2)16-6-4-5-7-17(16)23/h4-11,25H,2-3,12H2,1H3,(H2,24,28)(H,27,32). The van der Waals surface area contributed by atoms with Gasteiger partial charge in [0.1, 0.15) is 11.4 Å². The summed E-state index contributed by atoms with van der Waals surface area (Å²) in [5, 5.41) is 15.9. The van der Waals surface area contributed by atoms with Gasteiger partial charge in [0.05, 0.1) is 12.3 Å². The molecule has 4 rings (SSSR count). The quantitative estimate of drug-likeness (QED) is 0.307. The zero-order chi connectivity index (χ0) is 24.1. The van der Waals surface area contributed by atoms with Crippen LogP contribution in [-0.4, -0.2) is 37.8 Å². The number of ether oxygens (including phenoxy) is 1. The molecule has 174 valence electrons. The Hall–Kier alpha value is -4.38. The first-order chi connectivity index (χ1) is 16.5. The number of hydrogen-bond acceptors (Lipinski definition) is 9. The third kappa shape index (κ3) is 4.69. The second-order valence-corrected chi connectivity index (χ2v) is 7.49. The number of carbonyl (C=O) groups excluding carboxylic acids is 1. The summed E-state index contributed by atoms with van der Waals surface area (Å²) in [7, 11) is 0. The molecule has 2 aromatic heterocycles. The molecule has 0 unspecified atom stereocenters. The first kappa shape index (κ1) is 22.8.